The van der Waals surface area contributed by atoms with Crippen molar-refractivity contribution in [2.24, 2.45) is 5.73 Å². The molecule has 0 spiro atoms. The number of amides is 2. The molecule has 7 heteroatoms. The number of aromatic amines is 1. The van der Waals surface area contributed by atoms with Crippen LogP contribution < -0.4 is 11.1 Å². The fourth-order valence-electron chi connectivity index (χ4n) is 2.22. The summed E-state index contributed by atoms with van der Waals surface area (Å²) in [5, 5.41) is 10.2. The van der Waals surface area contributed by atoms with Crippen molar-refractivity contribution in [2.45, 2.75) is 31.7 Å². The average Bonchev–Trinajstić information content (AvgIpc) is 2.88. The van der Waals surface area contributed by atoms with Gasteiger partial charge in [-0.25, -0.2) is 9.78 Å². The number of hydrogen-bond acceptors (Lipinski definition) is 4. The molecule has 100 valence electrons. The predicted octanol–water partition coefficient (Wildman–Crippen LogP) is -0.130. The molecule has 1 saturated heterocycles. The Morgan fingerprint density at radius 2 is 2.33 bits per heavy atom. The standard InChI is InChI=1S/C11H20N6O/c12-11(18)17-6-3-9(4-7-17)13-5-1-2-10-14-8-15-16-10/h8-9,13H,1-7H2,(H2,12,18)(H,14,15,16). The normalized spacial score (nSPS) is 17.0. The SMILES string of the molecule is NC(=O)N1CCC(NCCCc2ncn[nH]2)CC1. The van der Waals surface area contributed by atoms with Gasteiger partial charge < -0.3 is 16.0 Å². The van der Waals surface area contributed by atoms with E-state index < -0.39 is 0 Å². The van der Waals surface area contributed by atoms with Gasteiger partial charge in [-0.15, -0.1) is 0 Å². The minimum atomic E-state index is -0.307. The van der Waals surface area contributed by atoms with Crippen LogP contribution in [0.3, 0.4) is 0 Å². The highest BCUT2D eigenvalue weighted by molar-refractivity contribution is 5.72. The first kappa shape index (κ1) is 12.8. The number of nitrogens with one attached hydrogen (secondary N) is 2. The molecule has 2 amide bonds. The zero-order valence-electron chi connectivity index (χ0n) is 10.4. The molecule has 1 aromatic rings. The second kappa shape index (κ2) is 6.34. The lowest BCUT2D eigenvalue weighted by Gasteiger charge is -2.31. The summed E-state index contributed by atoms with van der Waals surface area (Å²) in [6.45, 7) is 2.48. The van der Waals surface area contributed by atoms with E-state index in [4.69, 9.17) is 5.73 Å². The zero-order valence-corrected chi connectivity index (χ0v) is 10.4. The molecular weight excluding hydrogens is 232 g/mol. The molecule has 1 aliphatic heterocycles. The molecular formula is C11H20N6O. The average molecular weight is 252 g/mol. The smallest absolute Gasteiger partial charge is 0.314 e. The number of likely N-dealkylation sites (tertiary alicyclic amines) is 1. The van der Waals surface area contributed by atoms with Gasteiger partial charge in [0.2, 0.25) is 0 Å². The number of aromatic nitrogens is 3. The minimum absolute atomic E-state index is 0.307. The molecule has 0 saturated carbocycles. The molecule has 1 fully saturated rings. The second-order valence-corrected chi connectivity index (χ2v) is 4.59. The molecule has 1 aliphatic rings. The Bertz CT molecular complexity index is 358. The van der Waals surface area contributed by atoms with Crippen molar-refractivity contribution >= 4 is 6.03 Å². The van der Waals surface area contributed by atoms with E-state index in [1.807, 2.05) is 0 Å². The van der Waals surface area contributed by atoms with E-state index in [2.05, 4.69) is 20.5 Å². The maximum Gasteiger partial charge on any atom is 0.314 e. The predicted molar refractivity (Wildman–Crippen MR) is 66.9 cm³/mol. The Balaban J connectivity index is 1.57. The van der Waals surface area contributed by atoms with Crippen LogP contribution >= 0.6 is 0 Å². The Morgan fingerprint density at radius 3 is 2.94 bits per heavy atom. The molecule has 0 radical (unpaired) electrons. The molecule has 0 bridgehead atoms. The van der Waals surface area contributed by atoms with Gasteiger partial charge in [-0.2, -0.15) is 5.10 Å². The maximum absolute atomic E-state index is 11.0. The van der Waals surface area contributed by atoms with Gasteiger partial charge in [0.1, 0.15) is 12.2 Å². The topological polar surface area (TPSA) is 99.9 Å². The Kier molecular flexibility index (Phi) is 4.52. The number of piperidine rings is 1. The van der Waals surface area contributed by atoms with Crippen LogP contribution in [0.2, 0.25) is 0 Å². The van der Waals surface area contributed by atoms with Crippen LogP contribution in [-0.2, 0) is 6.42 Å². The maximum atomic E-state index is 11.0. The summed E-state index contributed by atoms with van der Waals surface area (Å²) in [6.07, 6.45) is 5.43. The summed E-state index contributed by atoms with van der Waals surface area (Å²) in [5.41, 5.74) is 5.24. The third-order valence-electron chi connectivity index (χ3n) is 3.29. The van der Waals surface area contributed by atoms with Crippen molar-refractivity contribution in [1.82, 2.24) is 25.4 Å². The van der Waals surface area contributed by atoms with E-state index in [1.165, 1.54) is 6.33 Å². The molecule has 4 N–H and O–H groups in total. The second-order valence-electron chi connectivity index (χ2n) is 4.59. The van der Waals surface area contributed by atoms with Gasteiger partial charge in [-0.1, -0.05) is 0 Å². The van der Waals surface area contributed by atoms with Gasteiger partial charge in [-0.05, 0) is 25.8 Å². The first-order valence-electron chi connectivity index (χ1n) is 6.37. The first-order valence-corrected chi connectivity index (χ1v) is 6.37. The minimum Gasteiger partial charge on any atom is -0.351 e. The molecule has 0 aliphatic carbocycles. The lowest BCUT2D eigenvalue weighted by molar-refractivity contribution is 0.185. The fourth-order valence-corrected chi connectivity index (χ4v) is 2.22. The van der Waals surface area contributed by atoms with Crippen LogP contribution in [0.4, 0.5) is 4.79 Å². The largest absolute Gasteiger partial charge is 0.351 e. The molecule has 0 aromatic carbocycles. The quantitative estimate of drug-likeness (QED) is 0.635. The summed E-state index contributed by atoms with van der Waals surface area (Å²) in [5.74, 6) is 0.931. The number of carbonyl (C=O) groups excluding carboxylic acids is 1. The van der Waals surface area contributed by atoms with Crippen molar-refractivity contribution in [3.8, 4) is 0 Å². The number of hydrogen-bond donors (Lipinski definition) is 3. The van der Waals surface area contributed by atoms with E-state index in [1.54, 1.807) is 4.90 Å². The Morgan fingerprint density at radius 1 is 1.56 bits per heavy atom. The number of primary amides is 1. The van der Waals surface area contributed by atoms with Crippen LogP contribution in [0.15, 0.2) is 6.33 Å². The molecule has 1 aromatic heterocycles. The van der Waals surface area contributed by atoms with Crippen LogP contribution in [-0.4, -0.2) is 51.8 Å². The van der Waals surface area contributed by atoms with Gasteiger partial charge in [0.15, 0.2) is 0 Å². The molecule has 18 heavy (non-hydrogen) atoms. The van der Waals surface area contributed by atoms with E-state index in [0.29, 0.717) is 6.04 Å². The lowest BCUT2D eigenvalue weighted by atomic mass is 10.1. The van der Waals surface area contributed by atoms with Crippen LogP contribution in [0.1, 0.15) is 25.1 Å². The number of nitrogens with two attached hydrogens (primary N) is 1. The van der Waals surface area contributed by atoms with E-state index in [0.717, 1.165) is 51.1 Å². The first-order chi connectivity index (χ1) is 8.75. The summed E-state index contributed by atoms with van der Waals surface area (Å²) in [6, 6.07) is 0.189. The summed E-state index contributed by atoms with van der Waals surface area (Å²) in [7, 11) is 0. The van der Waals surface area contributed by atoms with Crippen LogP contribution in [0, 0.1) is 0 Å². The molecule has 7 nitrogen and oxygen atoms in total. The van der Waals surface area contributed by atoms with Crippen molar-refractivity contribution in [2.75, 3.05) is 19.6 Å². The number of aryl methyl sites for hydroxylation is 1. The van der Waals surface area contributed by atoms with Crippen LogP contribution in [0.5, 0.6) is 0 Å². The summed E-state index contributed by atoms with van der Waals surface area (Å²) in [4.78, 5) is 16.7. The van der Waals surface area contributed by atoms with Crippen molar-refractivity contribution in [1.29, 1.82) is 0 Å². The third-order valence-corrected chi connectivity index (χ3v) is 3.29. The highest BCUT2D eigenvalue weighted by atomic mass is 16.2. The molecule has 2 rings (SSSR count). The molecule has 2 heterocycles. The summed E-state index contributed by atoms with van der Waals surface area (Å²) < 4.78 is 0. The number of rotatable bonds is 5. The number of urea groups is 1. The van der Waals surface area contributed by atoms with Gasteiger partial charge in [0.25, 0.3) is 0 Å². The van der Waals surface area contributed by atoms with Crippen molar-refractivity contribution < 1.29 is 4.79 Å². The number of H-pyrrole nitrogens is 1. The van der Waals surface area contributed by atoms with Crippen molar-refractivity contribution in [3.63, 3.8) is 0 Å². The Labute approximate surface area is 106 Å². The zero-order chi connectivity index (χ0) is 12.8. The number of nitrogens with zero attached hydrogens (tertiary/aromatic N) is 3. The monoisotopic (exact) mass is 252 g/mol. The van der Waals surface area contributed by atoms with Crippen LogP contribution in [0.25, 0.3) is 0 Å². The Hall–Kier alpha value is -1.63. The van der Waals surface area contributed by atoms with Gasteiger partial charge in [0.05, 0.1) is 0 Å². The lowest BCUT2D eigenvalue weighted by Crippen LogP contribution is -2.47. The highest BCUT2D eigenvalue weighted by Gasteiger charge is 2.20. The number of carbonyl (C=O) groups is 1. The van der Waals surface area contributed by atoms with Crippen molar-refractivity contribution in [3.05, 3.63) is 12.2 Å². The highest BCUT2D eigenvalue weighted by Crippen LogP contribution is 2.09. The van der Waals surface area contributed by atoms with E-state index in [-0.39, 0.29) is 6.03 Å². The van der Waals surface area contributed by atoms with Gasteiger partial charge in [0, 0.05) is 25.6 Å². The van der Waals surface area contributed by atoms with E-state index in [9.17, 15) is 4.79 Å². The molecule has 0 unspecified atom stereocenters. The third kappa shape index (κ3) is 3.69. The van der Waals surface area contributed by atoms with E-state index >= 15 is 0 Å². The fraction of sp³-hybridized carbons (Fsp3) is 0.727. The van der Waals surface area contributed by atoms with Gasteiger partial charge in [-0.3, -0.25) is 5.10 Å². The van der Waals surface area contributed by atoms with Gasteiger partial charge >= 0.3 is 6.03 Å². The molecule has 0 atom stereocenters. The summed E-state index contributed by atoms with van der Waals surface area (Å²) >= 11 is 0.